The highest BCUT2D eigenvalue weighted by atomic mass is 32.2. The number of benzene rings is 1. The molecule has 0 fully saturated rings. The fourth-order valence-electron chi connectivity index (χ4n) is 3.62. The Morgan fingerprint density at radius 2 is 2.21 bits per heavy atom. The average Bonchev–Trinajstić information content (AvgIpc) is 3.27. The highest BCUT2D eigenvalue weighted by Crippen LogP contribution is 2.34. The van der Waals surface area contributed by atoms with Gasteiger partial charge in [0.15, 0.2) is 5.16 Å². The lowest BCUT2D eigenvalue weighted by atomic mass is 10.1. The molecule has 0 N–H and O–H groups in total. The second kappa shape index (κ2) is 7.56. The molecular weight excluding hydrogens is 390 g/mol. The summed E-state index contributed by atoms with van der Waals surface area (Å²) in [5, 5.41) is 2.66. The predicted octanol–water partition coefficient (Wildman–Crippen LogP) is 4.10. The third-order valence-corrected chi connectivity index (χ3v) is 6.82. The van der Waals surface area contributed by atoms with Crippen molar-refractivity contribution in [3.05, 3.63) is 64.3 Å². The van der Waals surface area contributed by atoms with E-state index in [2.05, 4.69) is 24.6 Å². The van der Waals surface area contributed by atoms with Crippen LogP contribution in [0.15, 0.2) is 58.3 Å². The highest BCUT2D eigenvalue weighted by molar-refractivity contribution is 8.00. The van der Waals surface area contributed by atoms with E-state index in [4.69, 9.17) is 0 Å². The van der Waals surface area contributed by atoms with Crippen molar-refractivity contribution in [3.8, 4) is 0 Å². The van der Waals surface area contributed by atoms with Crippen LogP contribution in [0.3, 0.4) is 0 Å². The maximum absolute atomic E-state index is 13.3. The largest absolute Gasteiger partial charge is 0.308 e. The van der Waals surface area contributed by atoms with Gasteiger partial charge in [0.05, 0.1) is 10.6 Å². The van der Waals surface area contributed by atoms with Crippen molar-refractivity contribution in [2.45, 2.75) is 43.3 Å². The Hall–Kier alpha value is -2.38. The van der Waals surface area contributed by atoms with Crippen molar-refractivity contribution >= 4 is 44.9 Å². The molecule has 0 unspecified atom stereocenters. The molecule has 2 aromatic heterocycles. The third kappa shape index (κ3) is 3.18. The lowest BCUT2D eigenvalue weighted by molar-refractivity contribution is -0.118. The zero-order chi connectivity index (χ0) is 19.8. The number of nitrogens with zero attached hydrogens (tertiary/aromatic N) is 3. The Balaban J connectivity index is 1.66. The Morgan fingerprint density at radius 1 is 1.43 bits per heavy atom. The molecule has 144 valence electrons. The van der Waals surface area contributed by atoms with Crippen molar-refractivity contribution in [2.24, 2.45) is 0 Å². The van der Waals surface area contributed by atoms with E-state index in [1.807, 2.05) is 35.4 Å². The van der Waals surface area contributed by atoms with Crippen LogP contribution in [0.5, 0.6) is 0 Å². The molecule has 0 saturated heterocycles. The van der Waals surface area contributed by atoms with Crippen LogP contribution < -0.4 is 10.5 Å². The smallest absolute Gasteiger partial charge is 0.263 e. The molecule has 1 aliphatic heterocycles. The van der Waals surface area contributed by atoms with E-state index in [1.54, 1.807) is 16.7 Å². The summed E-state index contributed by atoms with van der Waals surface area (Å²) in [6.07, 6.45) is 2.54. The van der Waals surface area contributed by atoms with Gasteiger partial charge in [-0.1, -0.05) is 36.0 Å². The van der Waals surface area contributed by atoms with Gasteiger partial charge in [0.25, 0.3) is 5.56 Å². The molecule has 0 radical (unpaired) electrons. The maximum atomic E-state index is 13.3. The van der Waals surface area contributed by atoms with E-state index >= 15 is 0 Å². The quantitative estimate of drug-likeness (QED) is 0.360. The molecule has 4 rings (SSSR count). The van der Waals surface area contributed by atoms with Crippen LogP contribution in [0.2, 0.25) is 0 Å². The molecule has 1 amide bonds. The van der Waals surface area contributed by atoms with Crippen molar-refractivity contribution in [1.29, 1.82) is 0 Å². The standard InChI is InChI=1S/C21H21N3O2S2/c1-4-10-23-20(26)16-9-11-27-18(16)22-21(23)28-14(3)19(25)24-13(2)12-15-7-5-6-8-17(15)24/h4-9,11,13-14H,1,10,12H2,2-3H3/t13-,14+/m1/s1. The number of hydrogen-bond acceptors (Lipinski definition) is 5. The molecule has 0 spiro atoms. The van der Waals surface area contributed by atoms with Gasteiger partial charge in [-0.3, -0.25) is 14.2 Å². The normalized spacial score (nSPS) is 16.9. The highest BCUT2D eigenvalue weighted by Gasteiger charge is 2.34. The number of fused-ring (bicyclic) bond motifs is 2. The van der Waals surface area contributed by atoms with Gasteiger partial charge in [-0.05, 0) is 43.3 Å². The third-order valence-electron chi connectivity index (χ3n) is 4.93. The summed E-state index contributed by atoms with van der Waals surface area (Å²) in [6, 6.07) is 9.95. The molecule has 0 aliphatic carbocycles. The summed E-state index contributed by atoms with van der Waals surface area (Å²) in [5.41, 5.74) is 2.09. The lowest BCUT2D eigenvalue weighted by Gasteiger charge is -2.26. The van der Waals surface area contributed by atoms with Gasteiger partial charge in [0, 0.05) is 18.3 Å². The lowest BCUT2D eigenvalue weighted by Crippen LogP contribution is -2.40. The Kier molecular flexibility index (Phi) is 5.12. The summed E-state index contributed by atoms with van der Waals surface area (Å²) >= 11 is 2.77. The van der Waals surface area contributed by atoms with Gasteiger partial charge in [-0.2, -0.15) is 0 Å². The van der Waals surface area contributed by atoms with Gasteiger partial charge >= 0.3 is 0 Å². The van der Waals surface area contributed by atoms with E-state index < -0.39 is 0 Å². The van der Waals surface area contributed by atoms with Gasteiger partial charge in [-0.25, -0.2) is 4.98 Å². The van der Waals surface area contributed by atoms with E-state index in [0.717, 1.165) is 12.1 Å². The van der Waals surface area contributed by atoms with Crippen molar-refractivity contribution in [2.75, 3.05) is 4.90 Å². The number of carbonyl (C=O) groups is 1. The summed E-state index contributed by atoms with van der Waals surface area (Å²) in [7, 11) is 0. The predicted molar refractivity (Wildman–Crippen MR) is 116 cm³/mol. The Bertz CT molecular complexity index is 1120. The number of para-hydroxylation sites is 1. The second-order valence-electron chi connectivity index (χ2n) is 6.89. The molecular formula is C21H21N3O2S2. The molecule has 28 heavy (non-hydrogen) atoms. The minimum atomic E-state index is -0.367. The van der Waals surface area contributed by atoms with Crippen LogP contribution in [0.1, 0.15) is 19.4 Å². The van der Waals surface area contributed by atoms with Crippen LogP contribution in [-0.2, 0) is 17.8 Å². The number of hydrogen-bond donors (Lipinski definition) is 0. The molecule has 3 aromatic rings. The zero-order valence-corrected chi connectivity index (χ0v) is 17.4. The molecule has 1 aromatic carbocycles. The average molecular weight is 412 g/mol. The van der Waals surface area contributed by atoms with E-state index in [9.17, 15) is 9.59 Å². The van der Waals surface area contributed by atoms with E-state index in [-0.39, 0.29) is 22.8 Å². The van der Waals surface area contributed by atoms with Crippen LogP contribution in [-0.4, -0.2) is 26.8 Å². The maximum Gasteiger partial charge on any atom is 0.263 e. The summed E-state index contributed by atoms with van der Waals surface area (Å²) in [4.78, 5) is 33.3. The Labute approximate surface area is 171 Å². The van der Waals surface area contributed by atoms with Crippen LogP contribution >= 0.6 is 23.1 Å². The first-order valence-corrected chi connectivity index (χ1v) is 10.9. The van der Waals surface area contributed by atoms with Crippen molar-refractivity contribution in [3.63, 3.8) is 0 Å². The number of rotatable bonds is 5. The van der Waals surface area contributed by atoms with Gasteiger partial charge < -0.3 is 4.90 Å². The number of aromatic nitrogens is 2. The Morgan fingerprint density at radius 3 is 3.00 bits per heavy atom. The number of thioether (sulfide) groups is 1. The number of anilines is 1. The molecule has 2 atom stereocenters. The fraction of sp³-hybridized carbons (Fsp3) is 0.286. The van der Waals surface area contributed by atoms with E-state index in [0.29, 0.717) is 21.9 Å². The zero-order valence-electron chi connectivity index (χ0n) is 15.8. The van der Waals surface area contributed by atoms with Gasteiger partial charge in [-0.15, -0.1) is 17.9 Å². The summed E-state index contributed by atoms with van der Waals surface area (Å²) < 4.78 is 1.60. The number of amides is 1. The monoisotopic (exact) mass is 411 g/mol. The van der Waals surface area contributed by atoms with Gasteiger partial charge in [0.1, 0.15) is 4.83 Å². The SMILES string of the molecule is C=CCn1c(S[C@@H](C)C(=O)N2c3ccccc3C[C@H]2C)nc2sccc2c1=O. The van der Waals surface area contributed by atoms with Crippen LogP contribution in [0, 0.1) is 0 Å². The molecule has 0 saturated carbocycles. The minimum absolute atomic E-state index is 0.0353. The van der Waals surface area contributed by atoms with E-state index in [1.165, 1.54) is 28.7 Å². The first-order chi connectivity index (χ1) is 13.5. The molecule has 7 heteroatoms. The van der Waals surface area contributed by atoms with Crippen LogP contribution in [0.4, 0.5) is 5.69 Å². The topological polar surface area (TPSA) is 55.2 Å². The van der Waals surface area contributed by atoms with Gasteiger partial charge in [0.2, 0.25) is 5.91 Å². The van der Waals surface area contributed by atoms with Crippen LogP contribution in [0.25, 0.3) is 10.2 Å². The van der Waals surface area contributed by atoms with Crippen molar-refractivity contribution < 1.29 is 4.79 Å². The summed E-state index contributed by atoms with van der Waals surface area (Å²) in [6.45, 7) is 8.06. The number of allylic oxidation sites excluding steroid dienone is 1. The minimum Gasteiger partial charge on any atom is -0.308 e. The summed E-state index contributed by atoms with van der Waals surface area (Å²) in [5.74, 6) is 0.0353. The second-order valence-corrected chi connectivity index (χ2v) is 9.09. The van der Waals surface area contributed by atoms with Crippen molar-refractivity contribution in [1.82, 2.24) is 9.55 Å². The molecule has 3 heterocycles. The number of thiophene rings is 1. The first kappa shape index (κ1) is 19.0. The first-order valence-electron chi connectivity index (χ1n) is 9.18. The molecule has 0 bridgehead atoms. The fourth-order valence-corrected chi connectivity index (χ4v) is 5.39. The molecule has 1 aliphatic rings. The molecule has 5 nitrogen and oxygen atoms in total. The number of carbonyl (C=O) groups excluding carboxylic acids is 1.